The van der Waals surface area contributed by atoms with Crippen LogP contribution in [0.1, 0.15) is 16.7 Å². The molecule has 22 heavy (non-hydrogen) atoms. The number of carbonyl (C=O) groups is 1. The van der Waals surface area contributed by atoms with Gasteiger partial charge in [-0.1, -0.05) is 12.1 Å². The lowest BCUT2D eigenvalue weighted by Gasteiger charge is -2.08. The number of nitro benzene ring substituents is 1. The van der Waals surface area contributed by atoms with Gasteiger partial charge in [-0.3, -0.25) is 14.9 Å². The minimum absolute atomic E-state index is 0.0250. The number of carbonyl (C=O) groups excluding carboxylic acids is 1. The van der Waals surface area contributed by atoms with E-state index in [1.54, 1.807) is 18.2 Å². The second-order valence-corrected chi connectivity index (χ2v) is 4.92. The summed E-state index contributed by atoms with van der Waals surface area (Å²) in [7, 11) is 0. The Balaban J connectivity index is 2.05. The van der Waals surface area contributed by atoms with Gasteiger partial charge in [0, 0.05) is 23.9 Å². The number of anilines is 1. The van der Waals surface area contributed by atoms with E-state index in [1.807, 2.05) is 32.0 Å². The molecule has 0 bridgehead atoms. The van der Waals surface area contributed by atoms with Crippen LogP contribution >= 0.6 is 0 Å². The molecule has 0 aliphatic carbocycles. The second kappa shape index (κ2) is 6.67. The standard InChI is InChI=1S/C17H16N2O3/c1-12-4-3-5-16(13(12)2)18-17(20)11-8-14-6-9-15(10-7-14)19(21)22/h3-11H,1-2H3,(H,18,20). The van der Waals surface area contributed by atoms with Crippen molar-refractivity contribution in [2.45, 2.75) is 13.8 Å². The highest BCUT2D eigenvalue weighted by Crippen LogP contribution is 2.18. The number of nitrogens with one attached hydrogen (secondary N) is 1. The molecule has 0 atom stereocenters. The number of non-ortho nitro benzene ring substituents is 1. The SMILES string of the molecule is Cc1cccc(NC(=O)C=Cc2ccc([N+](=O)[O-])cc2)c1C. The van der Waals surface area contributed by atoms with E-state index in [2.05, 4.69) is 5.32 Å². The fraction of sp³-hybridized carbons (Fsp3) is 0.118. The largest absolute Gasteiger partial charge is 0.322 e. The van der Waals surface area contributed by atoms with E-state index in [4.69, 9.17) is 0 Å². The number of nitrogens with zero attached hydrogens (tertiary/aromatic N) is 1. The molecule has 2 rings (SSSR count). The monoisotopic (exact) mass is 296 g/mol. The predicted molar refractivity (Wildman–Crippen MR) is 86.7 cm³/mol. The highest BCUT2D eigenvalue weighted by atomic mass is 16.6. The van der Waals surface area contributed by atoms with E-state index < -0.39 is 4.92 Å². The first-order chi connectivity index (χ1) is 10.5. The second-order valence-electron chi connectivity index (χ2n) is 4.92. The molecular formula is C17H16N2O3. The maximum Gasteiger partial charge on any atom is 0.269 e. The summed E-state index contributed by atoms with van der Waals surface area (Å²) < 4.78 is 0. The van der Waals surface area contributed by atoms with Gasteiger partial charge < -0.3 is 5.32 Å². The van der Waals surface area contributed by atoms with E-state index in [1.165, 1.54) is 18.2 Å². The molecule has 0 spiro atoms. The Kier molecular flexibility index (Phi) is 4.68. The van der Waals surface area contributed by atoms with Gasteiger partial charge in [-0.15, -0.1) is 0 Å². The lowest BCUT2D eigenvalue weighted by molar-refractivity contribution is -0.384. The highest BCUT2D eigenvalue weighted by Gasteiger charge is 2.04. The van der Waals surface area contributed by atoms with Gasteiger partial charge in [0.25, 0.3) is 5.69 Å². The van der Waals surface area contributed by atoms with Crippen molar-refractivity contribution in [1.29, 1.82) is 0 Å². The van der Waals surface area contributed by atoms with Crippen LogP contribution in [-0.2, 0) is 4.79 Å². The van der Waals surface area contributed by atoms with Crippen molar-refractivity contribution < 1.29 is 9.72 Å². The zero-order valence-electron chi connectivity index (χ0n) is 12.4. The van der Waals surface area contributed by atoms with Crippen LogP contribution in [0.4, 0.5) is 11.4 Å². The lowest BCUT2D eigenvalue weighted by Crippen LogP contribution is -2.09. The van der Waals surface area contributed by atoms with Crippen molar-refractivity contribution in [2.24, 2.45) is 0 Å². The van der Waals surface area contributed by atoms with E-state index >= 15 is 0 Å². The van der Waals surface area contributed by atoms with Gasteiger partial charge in [0.05, 0.1) is 4.92 Å². The third-order valence-corrected chi connectivity index (χ3v) is 3.39. The Labute approximate surface area is 128 Å². The molecule has 0 saturated carbocycles. The molecule has 2 aromatic rings. The fourth-order valence-corrected chi connectivity index (χ4v) is 1.94. The third kappa shape index (κ3) is 3.79. The first kappa shape index (κ1) is 15.4. The van der Waals surface area contributed by atoms with Crippen molar-refractivity contribution in [3.8, 4) is 0 Å². The minimum Gasteiger partial charge on any atom is -0.322 e. The fourth-order valence-electron chi connectivity index (χ4n) is 1.94. The first-order valence-corrected chi connectivity index (χ1v) is 6.77. The van der Waals surface area contributed by atoms with Gasteiger partial charge in [-0.2, -0.15) is 0 Å². The van der Waals surface area contributed by atoms with Crippen LogP contribution in [0.15, 0.2) is 48.5 Å². The highest BCUT2D eigenvalue weighted by molar-refractivity contribution is 6.02. The quantitative estimate of drug-likeness (QED) is 0.529. The van der Waals surface area contributed by atoms with Crippen molar-refractivity contribution >= 4 is 23.4 Å². The number of amides is 1. The summed E-state index contributed by atoms with van der Waals surface area (Å²) in [5.41, 5.74) is 3.66. The summed E-state index contributed by atoms with van der Waals surface area (Å²) in [5, 5.41) is 13.4. The molecule has 1 amide bonds. The van der Waals surface area contributed by atoms with Gasteiger partial charge in [0.2, 0.25) is 5.91 Å². The smallest absolute Gasteiger partial charge is 0.269 e. The minimum atomic E-state index is -0.458. The summed E-state index contributed by atoms with van der Waals surface area (Å²) in [4.78, 5) is 22.0. The normalized spacial score (nSPS) is 10.6. The number of hydrogen-bond acceptors (Lipinski definition) is 3. The molecule has 1 N–H and O–H groups in total. The predicted octanol–water partition coefficient (Wildman–Crippen LogP) is 3.86. The van der Waals surface area contributed by atoms with Crippen LogP contribution in [0.5, 0.6) is 0 Å². The Bertz CT molecular complexity index is 734. The van der Waals surface area contributed by atoms with Crippen molar-refractivity contribution in [3.63, 3.8) is 0 Å². The summed E-state index contributed by atoms with van der Waals surface area (Å²) in [5.74, 6) is -0.243. The van der Waals surface area contributed by atoms with E-state index in [0.29, 0.717) is 0 Å². The molecule has 0 heterocycles. The number of benzene rings is 2. The molecule has 112 valence electrons. The van der Waals surface area contributed by atoms with Gasteiger partial charge >= 0.3 is 0 Å². The van der Waals surface area contributed by atoms with E-state index in [9.17, 15) is 14.9 Å². The molecule has 5 heteroatoms. The molecule has 0 aromatic heterocycles. The molecule has 0 radical (unpaired) electrons. The molecule has 0 fully saturated rings. The topological polar surface area (TPSA) is 72.2 Å². The average Bonchev–Trinajstić information content (AvgIpc) is 2.50. The first-order valence-electron chi connectivity index (χ1n) is 6.77. The Hall–Kier alpha value is -2.95. The van der Waals surface area contributed by atoms with Crippen LogP contribution < -0.4 is 5.32 Å². The van der Waals surface area contributed by atoms with E-state index in [0.717, 1.165) is 22.4 Å². The van der Waals surface area contributed by atoms with Crippen LogP contribution in [0.25, 0.3) is 6.08 Å². The molecular weight excluding hydrogens is 280 g/mol. The number of rotatable bonds is 4. The molecule has 0 saturated heterocycles. The molecule has 0 unspecified atom stereocenters. The molecule has 0 aliphatic rings. The van der Waals surface area contributed by atoms with Crippen molar-refractivity contribution in [3.05, 3.63) is 75.3 Å². The van der Waals surface area contributed by atoms with Crippen LogP contribution in [-0.4, -0.2) is 10.8 Å². The zero-order valence-corrected chi connectivity index (χ0v) is 12.4. The molecule has 5 nitrogen and oxygen atoms in total. The van der Waals surface area contributed by atoms with Crippen LogP contribution in [0.3, 0.4) is 0 Å². The number of aryl methyl sites for hydroxylation is 1. The maximum absolute atomic E-state index is 11.9. The van der Waals surface area contributed by atoms with Crippen molar-refractivity contribution in [1.82, 2.24) is 0 Å². The van der Waals surface area contributed by atoms with E-state index in [-0.39, 0.29) is 11.6 Å². The number of nitro groups is 1. The summed E-state index contributed by atoms with van der Waals surface area (Å²) in [6, 6.07) is 11.7. The third-order valence-electron chi connectivity index (χ3n) is 3.39. The summed E-state index contributed by atoms with van der Waals surface area (Å²) >= 11 is 0. The van der Waals surface area contributed by atoms with Crippen LogP contribution in [0.2, 0.25) is 0 Å². The Morgan fingerprint density at radius 1 is 1.14 bits per heavy atom. The van der Waals surface area contributed by atoms with Gasteiger partial charge in [0.15, 0.2) is 0 Å². The Morgan fingerprint density at radius 3 is 2.45 bits per heavy atom. The lowest BCUT2D eigenvalue weighted by atomic mass is 10.1. The van der Waals surface area contributed by atoms with Crippen LogP contribution in [0, 0.1) is 24.0 Å². The Morgan fingerprint density at radius 2 is 1.82 bits per heavy atom. The molecule has 2 aromatic carbocycles. The summed E-state index contributed by atoms with van der Waals surface area (Å²) in [6.45, 7) is 3.93. The van der Waals surface area contributed by atoms with Gasteiger partial charge in [0.1, 0.15) is 0 Å². The number of hydrogen-bond donors (Lipinski definition) is 1. The summed E-state index contributed by atoms with van der Waals surface area (Å²) in [6.07, 6.45) is 3.02. The van der Waals surface area contributed by atoms with Gasteiger partial charge in [-0.05, 0) is 54.8 Å². The molecule has 0 aliphatic heterocycles. The zero-order chi connectivity index (χ0) is 16.1. The van der Waals surface area contributed by atoms with Gasteiger partial charge in [-0.25, -0.2) is 0 Å². The maximum atomic E-state index is 11.9. The average molecular weight is 296 g/mol. The van der Waals surface area contributed by atoms with Crippen molar-refractivity contribution in [2.75, 3.05) is 5.32 Å².